The van der Waals surface area contributed by atoms with Gasteiger partial charge in [0.05, 0.1) is 13.3 Å². The van der Waals surface area contributed by atoms with Crippen LogP contribution in [0.4, 0.5) is 0 Å². The van der Waals surface area contributed by atoms with E-state index in [0.29, 0.717) is 11.5 Å². The highest BCUT2D eigenvalue weighted by Crippen LogP contribution is 2.26. The van der Waals surface area contributed by atoms with Crippen molar-refractivity contribution in [3.63, 3.8) is 0 Å². The lowest BCUT2D eigenvalue weighted by Gasteiger charge is -2.08. The molecule has 5 nitrogen and oxygen atoms in total. The van der Waals surface area contributed by atoms with Crippen LogP contribution in [0.2, 0.25) is 0 Å². The van der Waals surface area contributed by atoms with Crippen molar-refractivity contribution in [2.24, 2.45) is 5.10 Å². The lowest BCUT2D eigenvalue weighted by atomic mass is 10.0. The Morgan fingerprint density at radius 1 is 1.12 bits per heavy atom. The van der Waals surface area contributed by atoms with Gasteiger partial charge in [-0.1, -0.05) is 42.5 Å². The van der Waals surface area contributed by atoms with Gasteiger partial charge in [0.1, 0.15) is 11.5 Å². The molecule has 1 N–H and O–H groups in total. The van der Waals surface area contributed by atoms with Crippen LogP contribution in [0.3, 0.4) is 0 Å². The molecule has 26 heavy (non-hydrogen) atoms. The van der Waals surface area contributed by atoms with E-state index < -0.39 is 0 Å². The largest absolute Gasteiger partial charge is 0.496 e. The Morgan fingerprint density at radius 2 is 1.96 bits per heavy atom. The quantitative estimate of drug-likeness (QED) is 0.546. The molecule has 3 aromatic carbocycles. The van der Waals surface area contributed by atoms with Gasteiger partial charge >= 0.3 is 0 Å². The molecule has 0 aliphatic rings. The van der Waals surface area contributed by atoms with Crippen molar-refractivity contribution in [2.75, 3.05) is 13.7 Å². The molecule has 5 heteroatoms. The van der Waals surface area contributed by atoms with Gasteiger partial charge in [0.25, 0.3) is 5.91 Å². The van der Waals surface area contributed by atoms with Gasteiger partial charge in [-0.3, -0.25) is 4.79 Å². The summed E-state index contributed by atoms with van der Waals surface area (Å²) in [6.07, 6.45) is 1.59. The Balaban J connectivity index is 1.66. The van der Waals surface area contributed by atoms with E-state index in [-0.39, 0.29) is 12.5 Å². The second-order valence-corrected chi connectivity index (χ2v) is 5.80. The van der Waals surface area contributed by atoms with Crippen LogP contribution in [-0.4, -0.2) is 25.8 Å². The molecular weight excluding hydrogens is 328 g/mol. The molecule has 0 aliphatic heterocycles. The van der Waals surface area contributed by atoms with Crippen LogP contribution in [0, 0.1) is 6.92 Å². The number of carbonyl (C=O) groups is 1. The molecule has 0 unspecified atom stereocenters. The number of methoxy groups -OCH3 is 1. The highest BCUT2D eigenvalue weighted by Gasteiger charge is 2.06. The van der Waals surface area contributed by atoms with E-state index in [9.17, 15) is 4.79 Å². The Morgan fingerprint density at radius 3 is 2.77 bits per heavy atom. The SMILES string of the molecule is COc1ccc2ccccc2c1C=NNC(=O)COc1cccc(C)c1. The third-order valence-electron chi connectivity index (χ3n) is 3.89. The van der Waals surface area contributed by atoms with Crippen molar-refractivity contribution in [3.8, 4) is 11.5 Å². The van der Waals surface area contributed by atoms with Crippen molar-refractivity contribution in [1.82, 2.24) is 5.43 Å². The molecule has 0 radical (unpaired) electrons. The number of fused-ring (bicyclic) bond motifs is 1. The van der Waals surface area contributed by atoms with Crippen molar-refractivity contribution in [2.45, 2.75) is 6.92 Å². The summed E-state index contributed by atoms with van der Waals surface area (Å²) in [7, 11) is 1.61. The Bertz CT molecular complexity index is 951. The minimum atomic E-state index is -0.332. The highest BCUT2D eigenvalue weighted by molar-refractivity contribution is 6.02. The van der Waals surface area contributed by atoms with E-state index in [1.54, 1.807) is 13.3 Å². The lowest BCUT2D eigenvalue weighted by Crippen LogP contribution is -2.24. The molecule has 0 saturated carbocycles. The van der Waals surface area contributed by atoms with Crippen LogP contribution in [0.15, 0.2) is 65.8 Å². The topological polar surface area (TPSA) is 59.9 Å². The van der Waals surface area contributed by atoms with Crippen molar-refractivity contribution < 1.29 is 14.3 Å². The predicted molar refractivity (Wildman–Crippen MR) is 103 cm³/mol. The van der Waals surface area contributed by atoms with Gasteiger partial charge in [0.2, 0.25) is 0 Å². The lowest BCUT2D eigenvalue weighted by molar-refractivity contribution is -0.123. The van der Waals surface area contributed by atoms with Crippen LogP contribution >= 0.6 is 0 Å². The number of aryl methyl sites for hydroxylation is 1. The summed E-state index contributed by atoms with van der Waals surface area (Å²) in [5.74, 6) is 1.01. The number of hydrogen-bond acceptors (Lipinski definition) is 4. The number of carbonyl (C=O) groups excluding carboxylic acids is 1. The average molecular weight is 348 g/mol. The van der Waals surface area contributed by atoms with Gasteiger partial charge in [0, 0.05) is 5.56 Å². The van der Waals surface area contributed by atoms with Gasteiger partial charge in [-0.25, -0.2) is 5.43 Å². The first kappa shape index (κ1) is 17.5. The monoisotopic (exact) mass is 348 g/mol. The van der Waals surface area contributed by atoms with E-state index in [1.165, 1.54) is 0 Å². The standard InChI is InChI=1S/C21H20N2O3/c1-15-6-5-8-17(12-15)26-14-21(24)23-22-13-19-18-9-4-3-7-16(18)10-11-20(19)25-2/h3-13H,14H2,1-2H3,(H,23,24). The average Bonchev–Trinajstić information content (AvgIpc) is 2.66. The fourth-order valence-electron chi connectivity index (χ4n) is 2.64. The fraction of sp³-hybridized carbons (Fsp3) is 0.143. The maximum Gasteiger partial charge on any atom is 0.277 e. The number of nitrogens with one attached hydrogen (secondary N) is 1. The second kappa shape index (κ2) is 8.16. The Labute approximate surface area is 152 Å². The molecule has 0 atom stereocenters. The van der Waals surface area contributed by atoms with Gasteiger partial charge in [-0.05, 0) is 41.5 Å². The van der Waals surface area contributed by atoms with Gasteiger partial charge in [-0.15, -0.1) is 0 Å². The molecule has 0 fully saturated rings. The van der Waals surface area contributed by atoms with E-state index in [2.05, 4.69) is 10.5 Å². The maximum atomic E-state index is 11.9. The van der Waals surface area contributed by atoms with Gasteiger partial charge in [-0.2, -0.15) is 5.10 Å². The van der Waals surface area contributed by atoms with Gasteiger partial charge in [0.15, 0.2) is 6.61 Å². The zero-order chi connectivity index (χ0) is 18.4. The summed E-state index contributed by atoms with van der Waals surface area (Å²) >= 11 is 0. The van der Waals surface area contributed by atoms with E-state index in [0.717, 1.165) is 21.9 Å². The summed E-state index contributed by atoms with van der Waals surface area (Å²) in [4.78, 5) is 11.9. The number of ether oxygens (including phenoxy) is 2. The number of rotatable bonds is 6. The van der Waals surface area contributed by atoms with Crippen LogP contribution in [0.1, 0.15) is 11.1 Å². The number of amides is 1. The van der Waals surface area contributed by atoms with Crippen LogP contribution in [-0.2, 0) is 4.79 Å². The van der Waals surface area contributed by atoms with E-state index in [4.69, 9.17) is 9.47 Å². The molecule has 3 aromatic rings. The zero-order valence-electron chi connectivity index (χ0n) is 14.7. The third-order valence-corrected chi connectivity index (χ3v) is 3.89. The van der Waals surface area contributed by atoms with E-state index >= 15 is 0 Å². The number of hydrogen-bond donors (Lipinski definition) is 1. The molecule has 0 saturated heterocycles. The highest BCUT2D eigenvalue weighted by atomic mass is 16.5. The summed E-state index contributed by atoms with van der Waals surface area (Å²) in [6.45, 7) is 1.86. The first-order chi connectivity index (χ1) is 12.7. The Hall–Kier alpha value is -3.34. The molecule has 0 aliphatic carbocycles. The molecule has 132 valence electrons. The molecule has 0 spiro atoms. The van der Waals surface area contributed by atoms with Crippen LogP contribution in [0.5, 0.6) is 11.5 Å². The number of nitrogens with zero attached hydrogens (tertiary/aromatic N) is 1. The summed E-state index contributed by atoms with van der Waals surface area (Å²) in [5.41, 5.74) is 4.37. The summed E-state index contributed by atoms with van der Waals surface area (Å²) < 4.78 is 10.9. The number of benzene rings is 3. The molecule has 3 rings (SSSR count). The van der Waals surface area contributed by atoms with Gasteiger partial charge < -0.3 is 9.47 Å². The molecule has 0 heterocycles. The molecule has 0 bridgehead atoms. The minimum Gasteiger partial charge on any atom is -0.496 e. The van der Waals surface area contributed by atoms with Crippen molar-refractivity contribution in [1.29, 1.82) is 0 Å². The predicted octanol–water partition coefficient (Wildman–Crippen LogP) is 3.69. The summed E-state index contributed by atoms with van der Waals surface area (Å²) in [6, 6.07) is 19.3. The zero-order valence-corrected chi connectivity index (χ0v) is 14.7. The first-order valence-electron chi connectivity index (χ1n) is 8.24. The normalized spacial score (nSPS) is 10.8. The Kier molecular flexibility index (Phi) is 5.49. The minimum absolute atomic E-state index is 0.104. The molecule has 0 aromatic heterocycles. The second-order valence-electron chi connectivity index (χ2n) is 5.80. The third kappa shape index (κ3) is 4.19. The fourth-order valence-corrected chi connectivity index (χ4v) is 2.64. The van der Waals surface area contributed by atoms with Crippen molar-refractivity contribution in [3.05, 3.63) is 71.8 Å². The summed E-state index contributed by atoms with van der Waals surface area (Å²) in [5, 5.41) is 6.12. The maximum absolute atomic E-state index is 11.9. The van der Waals surface area contributed by atoms with Crippen molar-refractivity contribution >= 4 is 22.9 Å². The van der Waals surface area contributed by atoms with Crippen LogP contribution < -0.4 is 14.9 Å². The van der Waals surface area contributed by atoms with E-state index in [1.807, 2.05) is 67.6 Å². The molecule has 1 amide bonds. The first-order valence-corrected chi connectivity index (χ1v) is 8.24. The smallest absolute Gasteiger partial charge is 0.277 e. The number of hydrazone groups is 1. The van der Waals surface area contributed by atoms with Crippen LogP contribution in [0.25, 0.3) is 10.8 Å². The molecular formula is C21H20N2O3.